The maximum absolute atomic E-state index is 11.7. The SMILES string of the molecule is Cc1cc(CN2CCOCC2C(=O)O)c(OCCO)cc1C=Cc1cccc(-c2ccccc2)c1C#N. The molecule has 7 heteroatoms. The molecule has 1 heterocycles. The zero-order chi connectivity index (χ0) is 26.2. The highest BCUT2D eigenvalue weighted by Gasteiger charge is 2.30. The minimum Gasteiger partial charge on any atom is -0.491 e. The first-order valence-corrected chi connectivity index (χ1v) is 12.2. The van der Waals surface area contributed by atoms with Crippen LogP contribution in [0.15, 0.2) is 60.7 Å². The molecular formula is C30H30N2O5. The first-order chi connectivity index (χ1) is 18.0. The van der Waals surface area contributed by atoms with Crippen LogP contribution in [0.3, 0.4) is 0 Å². The van der Waals surface area contributed by atoms with E-state index in [4.69, 9.17) is 9.47 Å². The molecule has 1 fully saturated rings. The van der Waals surface area contributed by atoms with Gasteiger partial charge in [0.05, 0.1) is 25.4 Å². The van der Waals surface area contributed by atoms with Gasteiger partial charge in [0.25, 0.3) is 0 Å². The number of nitriles is 1. The van der Waals surface area contributed by atoms with Gasteiger partial charge in [0.2, 0.25) is 0 Å². The summed E-state index contributed by atoms with van der Waals surface area (Å²) in [6.45, 7) is 3.49. The number of carbonyl (C=O) groups is 1. The van der Waals surface area contributed by atoms with Crippen molar-refractivity contribution in [1.82, 2.24) is 4.90 Å². The van der Waals surface area contributed by atoms with Crippen molar-refractivity contribution >= 4 is 18.1 Å². The van der Waals surface area contributed by atoms with Crippen LogP contribution < -0.4 is 4.74 Å². The zero-order valence-electron chi connectivity index (χ0n) is 20.8. The third-order valence-corrected chi connectivity index (χ3v) is 6.43. The molecule has 0 spiro atoms. The maximum atomic E-state index is 11.7. The molecule has 0 bridgehead atoms. The second-order valence-corrected chi connectivity index (χ2v) is 8.87. The van der Waals surface area contributed by atoms with E-state index in [1.54, 1.807) is 0 Å². The van der Waals surface area contributed by atoms with Crippen molar-refractivity contribution in [2.45, 2.75) is 19.5 Å². The van der Waals surface area contributed by atoms with Crippen molar-refractivity contribution in [3.05, 3.63) is 88.5 Å². The summed E-state index contributed by atoms with van der Waals surface area (Å²) in [4.78, 5) is 13.6. The topological polar surface area (TPSA) is 103 Å². The van der Waals surface area contributed by atoms with Gasteiger partial charge in [-0.25, -0.2) is 0 Å². The third-order valence-electron chi connectivity index (χ3n) is 6.43. The lowest BCUT2D eigenvalue weighted by atomic mass is 9.95. The first-order valence-electron chi connectivity index (χ1n) is 12.2. The fraction of sp³-hybridized carbons (Fsp3) is 0.267. The minimum atomic E-state index is -0.917. The molecule has 1 saturated heterocycles. The number of carboxylic acids is 1. The Labute approximate surface area is 216 Å². The van der Waals surface area contributed by atoms with Gasteiger partial charge in [-0.15, -0.1) is 0 Å². The summed E-state index contributed by atoms with van der Waals surface area (Å²) in [5.41, 5.74) is 6.01. The lowest BCUT2D eigenvalue weighted by molar-refractivity contribution is -0.150. The van der Waals surface area contributed by atoms with E-state index in [0.717, 1.165) is 33.4 Å². The number of ether oxygens (including phenoxy) is 2. The Kier molecular flexibility index (Phi) is 8.70. The van der Waals surface area contributed by atoms with Crippen LogP contribution in [-0.2, 0) is 16.1 Å². The molecule has 0 saturated carbocycles. The van der Waals surface area contributed by atoms with E-state index in [1.165, 1.54) is 0 Å². The number of nitrogens with zero attached hydrogens (tertiary/aromatic N) is 2. The molecule has 2 N–H and O–H groups in total. The van der Waals surface area contributed by atoms with Crippen molar-refractivity contribution in [2.24, 2.45) is 0 Å². The molecule has 3 aromatic rings. The maximum Gasteiger partial charge on any atom is 0.323 e. The van der Waals surface area contributed by atoms with E-state index >= 15 is 0 Å². The number of carboxylic acid groups (broad SMARTS) is 1. The Morgan fingerprint density at radius 1 is 1.16 bits per heavy atom. The molecular weight excluding hydrogens is 468 g/mol. The van der Waals surface area contributed by atoms with E-state index in [1.807, 2.05) is 84.6 Å². The number of aliphatic carboxylic acids is 1. The van der Waals surface area contributed by atoms with Crippen LogP contribution in [0, 0.1) is 18.3 Å². The Morgan fingerprint density at radius 2 is 1.95 bits per heavy atom. The molecule has 0 radical (unpaired) electrons. The quantitative estimate of drug-likeness (QED) is 0.423. The Bertz CT molecular complexity index is 1310. The van der Waals surface area contributed by atoms with E-state index in [9.17, 15) is 20.3 Å². The van der Waals surface area contributed by atoms with Gasteiger partial charge in [0, 0.05) is 24.2 Å². The number of morpholine rings is 1. The molecule has 7 nitrogen and oxygen atoms in total. The van der Waals surface area contributed by atoms with Crippen molar-refractivity contribution in [3.8, 4) is 22.9 Å². The van der Waals surface area contributed by atoms with Crippen molar-refractivity contribution in [2.75, 3.05) is 33.0 Å². The van der Waals surface area contributed by atoms with Crippen LogP contribution >= 0.6 is 0 Å². The van der Waals surface area contributed by atoms with Gasteiger partial charge < -0.3 is 19.7 Å². The number of aryl methyl sites for hydroxylation is 1. The lowest BCUT2D eigenvalue weighted by Gasteiger charge is -2.33. The molecule has 1 aliphatic heterocycles. The number of benzene rings is 3. The van der Waals surface area contributed by atoms with E-state index in [0.29, 0.717) is 31.0 Å². The normalized spacial score (nSPS) is 16.0. The summed E-state index contributed by atoms with van der Waals surface area (Å²) in [6, 6.07) is 21.2. The van der Waals surface area contributed by atoms with Gasteiger partial charge in [0.15, 0.2) is 0 Å². The van der Waals surface area contributed by atoms with Gasteiger partial charge >= 0.3 is 5.97 Å². The first kappa shape index (κ1) is 26.1. The number of hydrogen-bond acceptors (Lipinski definition) is 6. The van der Waals surface area contributed by atoms with Gasteiger partial charge in [-0.3, -0.25) is 9.69 Å². The third kappa shape index (κ3) is 6.25. The van der Waals surface area contributed by atoms with E-state index in [-0.39, 0.29) is 19.8 Å². The van der Waals surface area contributed by atoms with Crippen LogP contribution in [0.25, 0.3) is 23.3 Å². The molecule has 0 aliphatic carbocycles. The second-order valence-electron chi connectivity index (χ2n) is 8.87. The van der Waals surface area contributed by atoms with Crippen LogP contribution in [0.1, 0.15) is 27.8 Å². The molecule has 1 atom stereocenters. The smallest absolute Gasteiger partial charge is 0.323 e. The highest BCUT2D eigenvalue weighted by Crippen LogP contribution is 2.30. The molecule has 3 aromatic carbocycles. The molecule has 190 valence electrons. The predicted molar refractivity (Wildman–Crippen MR) is 142 cm³/mol. The fourth-order valence-electron chi connectivity index (χ4n) is 4.50. The molecule has 37 heavy (non-hydrogen) atoms. The highest BCUT2D eigenvalue weighted by atomic mass is 16.5. The van der Waals surface area contributed by atoms with Crippen LogP contribution in [0.5, 0.6) is 5.75 Å². The lowest BCUT2D eigenvalue weighted by Crippen LogP contribution is -2.49. The summed E-state index contributed by atoms with van der Waals surface area (Å²) in [6.07, 6.45) is 3.87. The van der Waals surface area contributed by atoms with Crippen LogP contribution in [0.2, 0.25) is 0 Å². The monoisotopic (exact) mass is 498 g/mol. The van der Waals surface area contributed by atoms with E-state index in [2.05, 4.69) is 6.07 Å². The van der Waals surface area contributed by atoms with Crippen LogP contribution in [-0.4, -0.2) is 60.1 Å². The average molecular weight is 499 g/mol. The van der Waals surface area contributed by atoms with Crippen molar-refractivity contribution < 1.29 is 24.5 Å². The predicted octanol–water partition coefficient (Wildman–Crippen LogP) is 4.36. The average Bonchev–Trinajstić information content (AvgIpc) is 2.92. The highest BCUT2D eigenvalue weighted by molar-refractivity contribution is 5.81. The number of rotatable bonds is 9. The molecule has 1 aliphatic rings. The second kappa shape index (κ2) is 12.3. The van der Waals surface area contributed by atoms with Gasteiger partial charge in [0.1, 0.15) is 24.5 Å². The Balaban J connectivity index is 1.66. The molecule has 1 unspecified atom stereocenters. The summed E-state index contributed by atoms with van der Waals surface area (Å²) in [5.74, 6) is -0.326. The number of hydrogen-bond donors (Lipinski definition) is 2. The molecule has 0 amide bonds. The van der Waals surface area contributed by atoms with Gasteiger partial charge in [-0.05, 0) is 35.2 Å². The summed E-state index contributed by atoms with van der Waals surface area (Å²) < 4.78 is 11.2. The number of aliphatic hydroxyl groups is 1. The zero-order valence-corrected chi connectivity index (χ0v) is 20.8. The minimum absolute atomic E-state index is 0.127. The molecule has 4 rings (SSSR count). The van der Waals surface area contributed by atoms with Gasteiger partial charge in [-0.2, -0.15) is 5.26 Å². The Morgan fingerprint density at radius 3 is 2.68 bits per heavy atom. The fourth-order valence-corrected chi connectivity index (χ4v) is 4.50. The van der Waals surface area contributed by atoms with Gasteiger partial charge in [-0.1, -0.05) is 66.7 Å². The largest absolute Gasteiger partial charge is 0.491 e. The van der Waals surface area contributed by atoms with Crippen molar-refractivity contribution in [3.63, 3.8) is 0 Å². The summed E-state index contributed by atoms with van der Waals surface area (Å²) >= 11 is 0. The Hall–Kier alpha value is -3.96. The standard InChI is InChI=1S/C30H30N2O5/c1-21-16-25(19-32-12-14-36-20-28(32)30(34)35)29(37-15-13-33)17-24(21)11-10-23-8-5-9-26(27(23)18-31)22-6-3-2-4-7-22/h2-11,16-17,28,33H,12-15,19-20H2,1H3,(H,34,35). The molecule has 0 aromatic heterocycles. The summed E-state index contributed by atoms with van der Waals surface area (Å²) in [7, 11) is 0. The number of aliphatic hydroxyl groups excluding tert-OH is 1. The van der Waals surface area contributed by atoms with Crippen LogP contribution in [0.4, 0.5) is 0 Å². The summed E-state index contributed by atoms with van der Waals surface area (Å²) in [5, 5.41) is 28.8. The van der Waals surface area contributed by atoms with E-state index < -0.39 is 12.0 Å². The van der Waals surface area contributed by atoms with Crippen molar-refractivity contribution in [1.29, 1.82) is 5.26 Å².